The summed E-state index contributed by atoms with van der Waals surface area (Å²) in [7, 11) is 0. The van der Waals surface area contributed by atoms with Crippen molar-refractivity contribution in [1.82, 2.24) is 0 Å². The Balaban J connectivity index is 2.40. The number of aromatic carboxylic acids is 1. The van der Waals surface area contributed by atoms with E-state index in [-0.39, 0.29) is 22.7 Å². The second kappa shape index (κ2) is 5.40. The number of aryl methyl sites for hydroxylation is 1. The molecule has 102 valence electrons. The zero-order valence-corrected chi connectivity index (χ0v) is 10.6. The van der Waals surface area contributed by atoms with Gasteiger partial charge in [-0.2, -0.15) is 0 Å². The smallest absolute Gasteiger partial charge is 0.335 e. The summed E-state index contributed by atoms with van der Waals surface area (Å²) in [5.41, 5.74) is 0.396. The highest BCUT2D eigenvalue weighted by Crippen LogP contribution is 2.33. The van der Waals surface area contributed by atoms with Crippen molar-refractivity contribution in [2.45, 2.75) is 6.92 Å². The SMILES string of the molecule is Cc1cccc(Oc2cccc(C(=O)O)c2)c1[N+](=O)[O-]. The molecule has 2 rings (SSSR count). The summed E-state index contributed by atoms with van der Waals surface area (Å²) >= 11 is 0. The standard InChI is InChI=1S/C14H11NO5/c1-9-4-2-7-12(13(9)15(18)19)20-11-6-3-5-10(8-11)14(16)17/h2-8H,1H3,(H,16,17). The minimum absolute atomic E-state index is 0.0535. The van der Waals surface area contributed by atoms with E-state index in [0.29, 0.717) is 5.56 Å². The third kappa shape index (κ3) is 2.74. The van der Waals surface area contributed by atoms with E-state index in [1.165, 1.54) is 24.3 Å². The van der Waals surface area contributed by atoms with Gasteiger partial charge in [0.1, 0.15) is 5.75 Å². The van der Waals surface area contributed by atoms with Crippen LogP contribution in [-0.2, 0) is 0 Å². The first-order chi connectivity index (χ1) is 9.49. The van der Waals surface area contributed by atoms with Gasteiger partial charge in [-0.25, -0.2) is 4.79 Å². The van der Waals surface area contributed by atoms with Crippen LogP contribution in [0.25, 0.3) is 0 Å². The molecule has 0 radical (unpaired) electrons. The molecule has 6 nitrogen and oxygen atoms in total. The van der Waals surface area contributed by atoms with Gasteiger partial charge in [0.2, 0.25) is 5.75 Å². The highest BCUT2D eigenvalue weighted by molar-refractivity contribution is 5.88. The van der Waals surface area contributed by atoms with Crippen LogP contribution in [0.3, 0.4) is 0 Å². The van der Waals surface area contributed by atoms with E-state index in [4.69, 9.17) is 9.84 Å². The fourth-order valence-corrected chi connectivity index (χ4v) is 1.77. The number of hydrogen-bond donors (Lipinski definition) is 1. The Bertz CT molecular complexity index is 681. The van der Waals surface area contributed by atoms with E-state index in [9.17, 15) is 14.9 Å². The van der Waals surface area contributed by atoms with Crippen LogP contribution in [0.1, 0.15) is 15.9 Å². The number of nitro groups is 1. The first-order valence-corrected chi connectivity index (χ1v) is 5.74. The lowest BCUT2D eigenvalue weighted by atomic mass is 10.2. The molecule has 2 aromatic carbocycles. The number of nitro benzene ring substituents is 1. The van der Waals surface area contributed by atoms with Gasteiger partial charge in [-0.15, -0.1) is 0 Å². The van der Waals surface area contributed by atoms with Crippen molar-refractivity contribution >= 4 is 11.7 Å². The van der Waals surface area contributed by atoms with Gasteiger partial charge in [0.25, 0.3) is 0 Å². The van der Waals surface area contributed by atoms with Crippen LogP contribution in [0.15, 0.2) is 42.5 Å². The second-order valence-corrected chi connectivity index (χ2v) is 4.11. The Hall–Kier alpha value is -2.89. The van der Waals surface area contributed by atoms with Crippen molar-refractivity contribution in [3.8, 4) is 11.5 Å². The topological polar surface area (TPSA) is 89.7 Å². The Labute approximate surface area is 114 Å². The van der Waals surface area contributed by atoms with E-state index in [1.54, 1.807) is 25.1 Å². The summed E-state index contributed by atoms with van der Waals surface area (Å²) in [4.78, 5) is 21.4. The summed E-state index contributed by atoms with van der Waals surface area (Å²) < 4.78 is 5.44. The van der Waals surface area contributed by atoms with Crippen LogP contribution >= 0.6 is 0 Å². The molecule has 0 saturated carbocycles. The Morgan fingerprint density at radius 1 is 1.25 bits per heavy atom. The molecule has 0 spiro atoms. The van der Waals surface area contributed by atoms with Crippen LogP contribution < -0.4 is 4.74 Å². The van der Waals surface area contributed by atoms with E-state index in [1.807, 2.05) is 0 Å². The largest absolute Gasteiger partial charge is 0.478 e. The molecule has 6 heteroatoms. The first kappa shape index (κ1) is 13.5. The molecule has 0 heterocycles. The molecule has 1 N–H and O–H groups in total. The molecule has 0 bridgehead atoms. The molecule has 0 aliphatic carbocycles. The number of carboxylic acid groups (broad SMARTS) is 1. The Kier molecular flexibility index (Phi) is 3.65. The molecule has 0 aromatic heterocycles. The van der Waals surface area contributed by atoms with Gasteiger partial charge < -0.3 is 9.84 Å². The van der Waals surface area contributed by atoms with E-state index in [2.05, 4.69) is 0 Å². The van der Waals surface area contributed by atoms with Gasteiger partial charge in [-0.05, 0) is 31.2 Å². The second-order valence-electron chi connectivity index (χ2n) is 4.11. The summed E-state index contributed by atoms with van der Waals surface area (Å²) in [6, 6.07) is 10.5. The zero-order valence-electron chi connectivity index (χ0n) is 10.6. The van der Waals surface area contributed by atoms with Crippen LogP contribution in [0.2, 0.25) is 0 Å². The van der Waals surface area contributed by atoms with Crippen LogP contribution in [-0.4, -0.2) is 16.0 Å². The molecule has 0 unspecified atom stereocenters. The van der Waals surface area contributed by atoms with Gasteiger partial charge in [-0.1, -0.05) is 18.2 Å². The van der Waals surface area contributed by atoms with Gasteiger partial charge in [0, 0.05) is 5.56 Å². The third-order valence-electron chi connectivity index (χ3n) is 2.69. The van der Waals surface area contributed by atoms with E-state index >= 15 is 0 Å². The van der Waals surface area contributed by atoms with Crippen molar-refractivity contribution in [1.29, 1.82) is 0 Å². The van der Waals surface area contributed by atoms with Crippen molar-refractivity contribution in [3.05, 3.63) is 63.7 Å². The van der Waals surface area contributed by atoms with E-state index < -0.39 is 10.9 Å². The maximum absolute atomic E-state index is 11.0. The third-order valence-corrected chi connectivity index (χ3v) is 2.69. The molecular weight excluding hydrogens is 262 g/mol. The molecule has 0 amide bonds. The summed E-state index contributed by atoms with van der Waals surface area (Å²) in [6.07, 6.45) is 0. The van der Waals surface area contributed by atoms with E-state index in [0.717, 1.165) is 0 Å². The van der Waals surface area contributed by atoms with Crippen molar-refractivity contribution < 1.29 is 19.6 Å². The number of hydrogen-bond acceptors (Lipinski definition) is 4. The maximum Gasteiger partial charge on any atom is 0.335 e. The lowest BCUT2D eigenvalue weighted by Crippen LogP contribution is -1.98. The average molecular weight is 273 g/mol. The number of para-hydroxylation sites is 1. The molecule has 20 heavy (non-hydrogen) atoms. The normalized spacial score (nSPS) is 10.1. The van der Waals surface area contributed by atoms with Crippen molar-refractivity contribution in [2.75, 3.05) is 0 Å². The molecule has 0 atom stereocenters. The van der Waals surface area contributed by atoms with Crippen molar-refractivity contribution in [3.63, 3.8) is 0 Å². The highest BCUT2D eigenvalue weighted by Gasteiger charge is 2.19. The average Bonchev–Trinajstić information content (AvgIpc) is 2.38. The molecule has 0 saturated heterocycles. The molecule has 0 aliphatic rings. The first-order valence-electron chi connectivity index (χ1n) is 5.74. The Morgan fingerprint density at radius 3 is 2.60 bits per heavy atom. The molecule has 0 fully saturated rings. The van der Waals surface area contributed by atoms with Crippen LogP contribution in [0, 0.1) is 17.0 Å². The number of ether oxygens (including phenoxy) is 1. The van der Waals surface area contributed by atoms with Gasteiger partial charge >= 0.3 is 11.7 Å². The van der Waals surface area contributed by atoms with Gasteiger partial charge in [0.05, 0.1) is 10.5 Å². The van der Waals surface area contributed by atoms with Gasteiger partial charge in [-0.3, -0.25) is 10.1 Å². The summed E-state index contributed by atoms with van der Waals surface area (Å²) in [5.74, 6) is -0.773. The minimum atomic E-state index is -1.09. The maximum atomic E-state index is 11.0. The van der Waals surface area contributed by atoms with Crippen LogP contribution in [0.5, 0.6) is 11.5 Å². The number of carboxylic acids is 1. The zero-order chi connectivity index (χ0) is 14.7. The fraction of sp³-hybridized carbons (Fsp3) is 0.0714. The van der Waals surface area contributed by atoms with Crippen LogP contribution in [0.4, 0.5) is 5.69 Å². The highest BCUT2D eigenvalue weighted by atomic mass is 16.6. The number of benzene rings is 2. The molecule has 0 aliphatic heterocycles. The van der Waals surface area contributed by atoms with Gasteiger partial charge in [0.15, 0.2) is 0 Å². The molecule has 2 aromatic rings. The quantitative estimate of drug-likeness (QED) is 0.681. The Morgan fingerprint density at radius 2 is 1.95 bits per heavy atom. The lowest BCUT2D eigenvalue weighted by Gasteiger charge is -2.08. The minimum Gasteiger partial charge on any atom is -0.478 e. The summed E-state index contributed by atoms with van der Waals surface area (Å²) in [5, 5.41) is 19.9. The molecular formula is C14H11NO5. The number of carbonyl (C=O) groups is 1. The van der Waals surface area contributed by atoms with Crippen molar-refractivity contribution in [2.24, 2.45) is 0 Å². The number of nitrogens with zero attached hydrogens (tertiary/aromatic N) is 1. The monoisotopic (exact) mass is 273 g/mol. The fourth-order valence-electron chi connectivity index (χ4n) is 1.77. The predicted molar refractivity (Wildman–Crippen MR) is 71.3 cm³/mol. The predicted octanol–water partition coefficient (Wildman–Crippen LogP) is 3.39. The summed E-state index contributed by atoms with van der Waals surface area (Å²) in [6.45, 7) is 1.61. The lowest BCUT2D eigenvalue weighted by molar-refractivity contribution is -0.386. The number of rotatable bonds is 4.